The third-order valence-corrected chi connectivity index (χ3v) is 4.55. The Morgan fingerprint density at radius 1 is 1.33 bits per heavy atom. The van der Waals surface area contributed by atoms with E-state index >= 15 is 0 Å². The molecule has 2 aliphatic heterocycles. The molecule has 2 rings (SSSR count). The lowest BCUT2D eigenvalue weighted by Crippen LogP contribution is -2.42. The average Bonchev–Trinajstić information content (AvgIpc) is 2.65. The summed E-state index contributed by atoms with van der Waals surface area (Å²) in [5.74, 6) is -3.48. The zero-order valence-corrected chi connectivity index (χ0v) is 12.6. The van der Waals surface area contributed by atoms with E-state index in [0.29, 0.717) is 6.61 Å². The van der Waals surface area contributed by atoms with E-state index in [1.165, 1.54) is 0 Å². The fraction of sp³-hybridized carbons (Fsp3) is 0.800. The van der Waals surface area contributed by atoms with Crippen LogP contribution in [0.4, 0.5) is 0 Å². The molecule has 1 N–H and O–H groups in total. The summed E-state index contributed by atoms with van der Waals surface area (Å²) in [6, 6.07) is 0. The number of aliphatic carboxylic acids is 1. The van der Waals surface area contributed by atoms with Gasteiger partial charge in [0.1, 0.15) is 0 Å². The highest BCUT2D eigenvalue weighted by molar-refractivity contribution is 5.97. The summed E-state index contributed by atoms with van der Waals surface area (Å²) < 4.78 is 10.5. The molecule has 2 aliphatic rings. The van der Waals surface area contributed by atoms with E-state index in [1.54, 1.807) is 13.8 Å². The minimum absolute atomic E-state index is 0.0736. The van der Waals surface area contributed by atoms with Gasteiger partial charge in [-0.05, 0) is 39.0 Å². The van der Waals surface area contributed by atoms with Gasteiger partial charge in [0.15, 0.2) is 0 Å². The van der Waals surface area contributed by atoms with Crippen LogP contribution in [0.1, 0.15) is 40.0 Å². The Bertz CT molecular complexity index is 455. The molecule has 0 aromatic carbocycles. The minimum atomic E-state index is -1.09. The predicted octanol–water partition coefficient (Wildman–Crippen LogP) is 1.62. The van der Waals surface area contributed by atoms with Crippen LogP contribution >= 0.6 is 0 Å². The molecule has 0 aliphatic carbocycles. The summed E-state index contributed by atoms with van der Waals surface area (Å²) >= 11 is 0. The number of hydrogen-bond acceptors (Lipinski definition) is 5. The van der Waals surface area contributed by atoms with Gasteiger partial charge in [-0.1, -0.05) is 6.92 Å². The largest absolute Gasteiger partial charge is 0.481 e. The fourth-order valence-corrected chi connectivity index (χ4v) is 3.18. The third kappa shape index (κ3) is 3.10. The van der Waals surface area contributed by atoms with E-state index in [-0.39, 0.29) is 18.4 Å². The second-order valence-corrected chi connectivity index (χ2v) is 6.72. The van der Waals surface area contributed by atoms with Gasteiger partial charge in [0.25, 0.3) is 0 Å². The molecule has 21 heavy (non-hydrogen) atoms. The summed E-state index contributed by atoms with van der Waals surface area (Å²) in [7, 11) is 0. The number of rotatable bonds is 4. The maximum Gasteiger partial charge on any atom is 0.320 e. The first kappa shape index (κ1) is 15.9. The number of ether oxygens (including phenoxy) is 2. The van der Waals surface area contributed by atoms with Crippen LogP contribution in [0, 0.1) is 23.2 Å². The van der Waals surface area contributed by atoms with Crippen LogP contribution in [-0.4, -0.2) is 35.7 Å². The van der Waals surface area contributed by atoms with Crippen LogP contribution in [0.5, 0.6) is 0 Å². The van der Waals surface area contributed by atoms with Gasteiger partial charge in [-0.2, -0.15) is 0 Å². The fourth-order valence-electron chi connectivity index (χ4n) is 3.18. The number of cyclic esters (lactones) is 2. The lowest BCUT2D eigenvalue weighted by Gasteiger charge is -2.34. The topological polar surface area (TPSA) is 89.9 Å². The quantitative estimate of drug-likeness (QED) is 0.626. The number of carbonyl (C=O) groups is 3. The Hall–Kier alpha value is -1.43. The summed E-state index contributed by atoms with van der Waals surface area (Å²) in [5, 5.41) is 9.23. The molecule has 2 heterocycles. The first-order valence-corrected chi connectivity index (χ1v) is 7.34. The number of carboxylic acids is 1. The molecule has 6 heteroatoms. The van der Waals surface area contributed by atoms with Crippen molar-refractivity contribution in [1.29, 1.82) is 0 Å². The van der Waals surface area contributed by atoms with E-state index in [0.717, 1.165) is 12.8 Å². The van der Waals surface area contributed by atoms with E-state index < -0.39 is 35.2 Å². The number of esters is 2. The lowest BCUT2D eigenvalue weighted by molar-refractivity contribution is -0.156. The molecule has 0 spiro atoms. The molecule has 0 amide bonds. The molecule has 0 radical (unpaired) electrons. The Kier molecular flexibility index (Phi) is 4.37. The van der Waals surface area contributed by atoms with Crippen molar-refractivity contribution in [3.8, 4) is 0 Å². The molecular formula is C15H22O6. The van der Waals surface area contributed by atoms with Gasteiger partial charge >= 0.3 is 17.9 Å². The molecule has 118 valence electrons. The van der Waals surface area contributed by atoms with E-state index in [4.69, 9.17) is 9.47 Å². The summed E-state index contributed by atoms with van der Waals surface area (Å²) in [6.07, 6.45) is 1.56. The highest BCUT2D eigenvalue weighted by Gasteiger charge is 2.53. The van der Waals surface area contributed by atoms with E-state index in [2.05, 4.69) is 0 Å². The second-order valence-electron chi connectivity index (χ2n) is 6.72. The Balaban J connectivity index is 2.22. The van der Waals surface area contributed by atoms with Crippen LogP contribution in [0.15, 0.2) is 0 Å². The van der Waals surface area contributed by atoms with Crippen molar-refractivity contribution in [3.05, 3.63) is 0 Å². The molecule has 0 saturated carbocycles. The normalized spacial score (nSPS) is 33.9. The van der Waals surface area contributed by atoms with Crippen molar-refractivity contribution in [3.63, 3.8) is 0 Å². The Labute approximate surface area is 123 Å². The van der Waals surface area contributed by atoms with Crippen LogP contribution in [0.2, 0.25) is 0 Å². The second kappa shape index (κ2) is 5.75. The molecular weight excluding hydrogens is 276 g/mol. The smallest absolute Gasteiger partial charge is 0.320 e. The van der Waals surface area contributed by atoms with Crippen molar-refractivity contribution in [2.45, 2.75) is 46.1 Å². The summed E-state index contributed by atoms with van der Waals surface area (Å²) in [5.41, 5.74) is -1.09. The van der Waals surface area contributed by atoms with Gasteiger partial charge in [-0.3, -0.25) is 14.4 Å². The molecule has 6 nitrogen and oxygen atoms in total. The highest BCUT2D eigenvalue weighted by Crippen LogP contribution is 2.40. The highest BCUT2D eigenvalue weighted by atomic mass is 16.6. The van der Waals surface area contributed by atoms with Crippen molar-refractivity contribution in [2.75, 3.05) is 6.61 Å². The van der Waals surface area contributed by atoms with Crippen LogP contribution in [-0.2, 0) is 23.9 Å². The van der Waals surface area contributed by atoms with Gasteiger partial charge < -0.3 is 14.6 Å². The van der Waals surface area contributed by atoms with Crippen molar-refractivity contribution in [2.24, 2.45) is 23.2 Å². The van der Waals surface area contributed by atoms with Crippen molar-refractivity contribution < 1.29 is 29.0 Å². The Morgan fingerprint density at radius 3 is 2.57 bits per heavy atom. The van der Waals surface area contributed by atoms with Gasteiger partial charge in [0.2, 0.25) is 0 Å². The Morgan fingerprint density at radius 2 is 2.00 bits per heavy atom. The van der Waals surface area contributed by atoms with Crippen LogP contribution in [0.3, 0.4) is 0 Å². The molecule has 0 aromatic heterocycles. The summed E-state index contributed by atoms with van der Waals surface area (Å²) in [6.45, 7) is 5.64. The summed E-state index contributed by atoms with van der Waals surface area (Å²) in [4.78, 5) is 35.3. The van der Waals surface area contributed by atoms with Crippen LogP contribution in [0.25, 0.3) is 0 Å². The van der Waals surface area contributed by atoms with Crippen LogP contribution < -0.4 is 0 Å². The van der Waals surface area contributed by atoms with Gasteiger partial charge in [-0.25, -0.2) is 0 Å². The van der Waals surface area contributed by atoms with Crippen molar-refractivity contribution in [1.82, 2.24) is 0 Å². The number of hydrogen-bond donors (Lipinski definition) is 1. The SMILES string of the molecule is CC1CCCOC1C1C(=O)OC(=O)C1CC(C)(C)C(=O)O. The maximum atomic E-state index is 12.0. The lowest BCUT2D eigenvalue weighted by atomic mass is 9.74. The molecule has 4 unspecified atom stereocenters. The first-order chi connectivity index (χ1) is 9.74. The molecule has 0 aromatic rings. The van der Waals surface area contributed by atoms with Gasteiger partial charge in [-0.15, -0.1) is 0 Å². The van der Waals surface area contributed by atoms with Gasteiger partial charge in [0.05, 0.1) is 23.4 Å². The zero-order chi connectivity index (χ0) is 15.8. The predicted molar refractivity (Wildman–Crippen MR) is 72.3 cm³/mol. The molecule has 2 fully saturated rings. The van der Waals surface area contributed by atoms with Crippen molar-refractivity contribution >= 4 is 17.9 Å². The minimum Gasteiger partial charge on any atom is -0.481 e. The molecule has 2 saturated heterocycles. The molecule has 0 bridgehead atoms. The third-order valence-electron chi connectivity index (χ3n) is 4.55. The monoisotopic (exact) mass is 298 g/mol. The van der Waals surface area contributed by atoms with E-state index in [9.17, 15) is 19.5 Å². The number of carboxylic acid groups (broad SMARTS) is 1. The zero-order valence-electron chi connectivity index (χ0n) is 12.6. The average molecular weight is 298 g/mol. The first-order valence-electron chi connectivity index (χ1n) is 7.34. The van der Waals surface area contributed by atoms with Gasteiger partial charge in [0, 0.05) is 6.61 Å². The van der Waals surface area contributed by atoms with E-state index in [1.807, 2.05) is 6.92 Å². The molecule has 4 atom stereocenters. The number of carbonyl (C=O) groups excluding carboxylic acids is 2. The standard InChI is InChI=1S/C15H22O6/c1-8-5-4-6-20-11(8)10-9(12(16)21-13(10)17)7-15(2,3)14(18)19/h8-11H,4-7H2,1-3H3,(H,18,19). The maximum absolute atomic E-state index is 12.0.